The third-order valence-electron chi connectivity index (χ3n) is 2.75. The second-order valence-electron chi connectivity index (χ2n) is 4.05. The van der Waals surface area contributed by atoms with Gasteiger partial charge in [0, 0.05) is 24.8 Å². The van der Waals surface area contributed by atoms with Crippen molar-refractivity contribution in [3.8, 4) is 22.8 Å². The Balaban J connectivity index is 1.89. The van der Waals surface area contributed by atoms with E-state index in [0.717, 1.165) is 22.8 Å². The first-order valence-corrected chi connectivity index (χ1v) is 6.04. The van der Waals surface area contributed by atoms with Crippen LogP contribution in [-0.4, -0.2) is 29.9 Å². The summed E-state index contributed by atoms with van der Waals surface area (Å²) in [6.07, 6.45) is 1.71. The molecular formula is C13H14N4O2. The second kappa shape index (κ2) is 5.11. The highest BCUT2D eigenvalue weighted by atomic mass is 16.7. The molecule has 2 aromatic rings. The number of rotatable bonds is 4. The predicted molar refractivity (Wildman–Crippen MR) is 71.1 cm³/mol. The van der Waals surface area contributed by atoms with Gasteiger partial charge in [-0.25, -0.2) is 9.97 Å². The van der Waals surface area contributed by atoms with Gasteiger partial charge in [0.25, 0.3) is 0 Å². The lowest BCUT2D eigenvalue weighted by Gasteiger charge is -2.06. The molecule has 6 heteroatoms. The van der Waals surface area contributed by atoms with E-state index >= 15 is 0 Å². The Labute approximate surface area is 110 Å². The topological polar surface area (TPSA) is 82.3 Å². The molecule has 3 N–H and O–H groups in total. The summed E-state index contributed by atoms with van der Waals surface area (Å²) in [4.78, 5) is 8.57. The van der Waals surface area contributed by atoms with Crippen LogP contribution in [0.4, 0.5) is 5.95 Å². The lowest BCUT2D eigenvalue weighted by Crippen LogP contribution is -2.14. The van der Waals surface area contributed by atoms with Crippen molar-refractivity contribution in [3.05, 3.63) is 30.5 Å². The third-order valence-corrected chi connectivity index (χ3v) is 2.75. The Bertz CT molecular complexity index is 589. The SMILES string of the molecule is NCCNc1nccc(-c2ccc3c(c2)OCO3)n1. The number of nitrogens with one attached hydrogen (secondary N) is 1. The van der Waals surface area contributed by atoms with Gasteiger partial charge in [0.2, 0.25) is 12.7 Å². The van der Waals surface area contributed by atoms with Crippen LogP contribution in [0, 0.1) is 0 Å². The summed E-state index contributed by atoms with van der Waals surface area (Å²) in [6, 6.07) is 7.60. The Morgan fingerprint density at radius 2 is 2.11 bits per heavy atom. The number of nitrogens with zero attached hydrogens (tertiary/aromatic N) is 2. The van der Waals surface area contributed by atoms with E-state index in [-0.39, 0.29) is 6.79 Å². The minimum Gasteiger partial charge on any atom is -0.454 e. The molecule has 2 heterocycles. The molecule has 0 saturated heterocycles. The standard InChI is InChI=1S/C13H14N4O2/c14-4-6-16-13-15-5-3-10(17-13)9-1-2-11-12(7-9)19-8-18-11/h1-3,5,7H,4,6,8,14H2,(H,15,16,17). The molecule has 0 spiro atoms. The van der Waals surface area contributed by atoms with E-state index in [1.54, 1.807) is 6.20 Å². The normalized spacial score (nSPS) is 12.5. The van der Waals surface area contributed by atoms with Gasteiger partial charge in [-0.05, 0) is 24.3 Å². The quantitative estimate of drug-likeness (QED) is 0.858. The van der Waals surface area contributed by atoms with Gasteiger partial charge in [-0.3, -0.25) is 0 Å². The number of nitrogens with two attached hydrogens (primary N) is 1. The summed E-state index contributed by atoms with van der Waals surface area (Å²) in [7, 11) is 0. The second-order valence-corrected chi connectivity index (χ2v) is 4.05. The van der Waals surface area contributed by atoms with Crippen LogP contribution in [0.25, 0.3) is 11.3 Å². The van der Waals surface area contributed by atoms with E-state index in [0.29, 0.717) is 19.0 Å². The number of anilines is 1. The number of benzene rings is 1. The van der Waals surface area contributed by atoms with Crippen molar-refractivity contribution in [3.63, 3.8) is 0 Å². The van der Waals surface area contributed by atoms with E-state index in [4.69, 9.17) is 15.2 Å². The summed E-state index contributed by atoms with van der Waals surface area (Å²) < 4.78 is 10.6. The zero-order valence-electron chi connectivity index (χ0n) is 10.3. The Hall–Kier alpha value is -2.34. The van der Waals surface area contributed by atoms with Crippen molar-refractivity contribution in [1.29, 1.82) is 0 Å². The van der Waals surface area contributed by atoms with Crippen LogP contribution in [0.15, 0.2) is 30.5 Å². The number of hydrogen-bond acceptors (Lipinski definition) is 6. The van der Waals surface area contributed by atoms with Gasteiger partial charge in [0.15, 0.2) is 11.5 Å². The van der Waals surface area contributed by atoms with Gasteiger partial charge in [0.1, 0.15) is 0 Å². The van der Waals surface area contributed by atoms with Crippen LogP contribution in [-0.2, 0) is 0 Å². The van der Waals surface area contributed by atoms with Crippen molar-refractivity contribution in [2.45, 2.75) is 0 Å². The van der Waals surface area contributed by atoms with Crippen LogP contribution >= 0.6 is 0 Å². The fourth-order valence-corrected chi connectivity index (χ4v) is 1.84. The van der Waals surface area contributed by atoms with E-state index in [1.165, 1.54) is 0 Å². The van der Waals surface area contributed by atoms with E-state index in [2.05, 4.69) is 15.3 Å². The smallest absolute Gasteiger partial charge is 0.231 e. The lowest BCUT2D eigenvalue weighted by atomic mass is 10.1. The first kappa shape index (κ1) is 11.7. The molecule has 98 valence electrons. The molecule has 0 radical (unpaired) electrons. The van der Waals surface area contributed by atoms with Crippen molar-refractivity contribution < 1.29 is 9.47 Å². The molecule has 0 unspecified atom stereocenters. The van der Waals surface area contributed by atoms with Crippen molar-refractivity contribution in [2.24, 2.45) is 5.73 Å². The minimum absolute atomic E-state index is 0.270. The van der Waals surface area contributed by atoms with Crippen molar-refractivity contribution in [2.75, 3.05) is 25.2 Å². The van der Waals surface area contributed by atoms with Gasteiger partial charge in [-0.2, -0.15) is 0 Å². The van der Waals surface area contributed by atoms with E-state index in [9.17, 15) is 0 Å². The summed E-state index contributed by atoms with van der Waals surface area (Å²) in [6.45, 7) is 1.45. The molecular weight excluding hydrogens is 244 g/mol. The summed E-state index contributed by atoms with van der Waals surface area (Å²) in [5.74, 6) is 2.08. The maximum absolute atomic E-state index is 5.44. The highest BCUT2D eigenvalue weighted by Gasteiger charge is 2.14. The van der Waals surface area contributed by atoms with Gasteiger partial charge in [0.05, 0.1) is 5.69 Å². The number of hydrogen-bond donors (Lipinski definition) is 2. The maximum Gasteiger partial charge on any atom is 0.231 e. The Morgan fingerprint density at radius 1 is 1.21 bits per heavy atom. The molecule has 0 fully saturated rings. The molecule has 19 heavy (non-hydrogen) atoms. The van der Waals surface area contributed by atoms with Crippen LogP contribution in [0.5, 0.6) is 11.5 Å². The van der Waals surface area contributed by atoms with Crippen LogP contribution < -0.4 is 20.5 Å². The van der Waals surface area contributed by atoms with E-state index in [1.807, 2.05) is 24.3 Å². The Kier molecular flexibility index (Phi) is 3.16. The lowest BCUT2D eigenvalue weighted by molar-refractivity contribution is 0.174. The zero-order chi connectivity index (χ0) is 13.1. The van der Waals surface area contributed by atoms with Crippen LogP contribution in [0.2, 0.25) is 0 Å². The number of fused-ring (bicyclic) bond motifs is 1. The first-order valence-electron chi connectivity index (χ1n) is 6.04. The molecule has 0 amide bonds. The molecule has 1 aromatic carbocycles. The molecule has 3 rings (SSSR count). The summed E-state index contributed by atoms with van der Waals surface area (Å²) in [5, 5.41) is 3.05. The zero-order valence-corrected chi connectivity index (χ0v) is 10.3. The average Bonchev–Trinajstić information content (AvgIpc) is 2.92. The van der Waals surface area contributed by atoms with Crippen LogP contribution in [0.1, 0.15) is 0 Å². The molecule has 0 saturated carbocycles. The Morgan fingerprint density at radius 3 is 3.00 bits per heavy atom. The van der Waals surface area contributed by atoms with Crippen LogP contribution in [0.3, 0.4) is 0 Å². The number of ether oxygens (including phenoxy) is 2. The molecule has 0 bridgehead atoms. The fraction of sp³-hybridized carbons (Fsp3) is 0.231. The summed E-state index contributed by atoms with van der Waals surface area (Å²) >= 11 is 0. The molecule has 0 aliphatic carbocycles. The molecule has 1 aliphatic rings. The van der Waals surface area contributed by atoms with Gasteiger partial charge in [-0.1, -0.05) is 0 Å². The highest BCUT2D eigenvalue weighted by Crippen LogP contribution is 2.35. The predicted octanol–water partition coefficient (Wildman–Crippen LogP) is 1.24. The monoisotopic (exact) mass is 258 g/mol. The van der Waals surface area contributed by atoms with Gasteiger partial charge < -0.3 is 20.5 Å². The molecule has 6 nitrogen and oxygen atoms in total. The molecule has 0 atom stereocenters. The van der Waals surface area contributed by atoms with Gasteiger partial charge >= 0.3 is 0 Å². The first-order chi connectivity index (χ1) is 9.36. The molecule has 1 aliphatic heterocycles. The summed E-state index contributed by atoms with van der Waals surface area (Å²) in [5.41, 5.74) is 7.23. The minimum atomic E-state index is 0.270. The van der Waals surface area contributed by atoms with Gasteiger partial charge in [-0.15, -0.1) is 0 Å². The van der Waals surface area contributed by atoms with E-state index < -0.39 is 0 Å². The van der Waals surface area contributed by atoms with Crippen molar-refractivity contribution in [1.82, 2.24) is 9.97 Å². The molecule has 1 aromatic heterocycles. The average molecular weight is 258 g/mol. The fourth-order valence-electron chi connectivity index (χ4n) is 1.84. The van der Waals surface area contributed by atoms with Crippen molar-refractivity contribution >= 4 is 5.95 Å². The third kappa shape index (κ3) is 2.43. The largest absolute Gasteiger partial charge is 0.454 e. The highest BCUT2D eigenvalue weighted by molar-refractivity contribution is 5.65. The maximum atomic E-state index is 5.44. The number of aromatic nitrogens is 2.